The molecule has 0 aromatic heterocycles. The molecule has 1 heterocycles. The van der Waals surface area contributed by atoms with E-state index in [1.54, 1.807) is 0 Å². The maximum Gasteiger partial charge on any atom is 0.0721 e. The van der Waals surface area contributed by atoms with Crippen LogP contribution in [0.3, 0.4) is 0 Å². The lowest BCUT2D eigenvalue weighted by molar-refractivity contribution is -0.0125. The molecule has 0 bridgehead atoms. The summed E-state index contributed by atoms with van der Waals surface area (Å²) in [6.45, 7) is 5.17. The van der Waals surface area contributed by atoms with Gasteiger partial charge in [-0.2, -0.15) is 0 Å². The Morgan fingerprint density at radius 3 is 2.62 bits per heavy atom. The highest BCUT2D eigenvalue weighted by atomic mass is 16.5. The number of hydrogen-bond donors (Lipinski definition) is 1. The van der Waals surface area contributed by atoms with Crippen LogP contribution in [-0.2, 0) is 4.74 Å². The molecule has 3 atom stereocenters. The first-order chi connectivity index (χ1) is 7.50. The molecular formula is C13H27NO2. The van der Waals surface area contributed by atoms with E-state index in [1.165, 1.54) is 6.42 Å². The van der Waals surface area contributed by atoms with E-state index in [4.69, 9.17) is 4.74 Å². The van der Waals surface area contributed by atoms with Crippen molar-refractivity contribution in [1.29, 1.82) is 0 Å². The van der Waals surface area contributed by atoms with Gasteiger partial charge in [-0.3, -0.25) is 0 Å². The zero-order valence-corrected chi connectivity index (χ0v) is 11.2. The highest BCUT2D eigenvalue weighted by Gasteiger charge is 2.33. The lowest BCUT2D eigenvalue weighted by Crippen LogP contribution is -2.50. The van der Waals surface area contributed by atoms with Crippen LogP contribution in [0.25, 0.3) is 0 Å². The molecule has 0 aliphatic carbocycles. The number of aliphatic hydroxyl groups excluding tert-OH is 1. The molecule has 3 heteroatoms. The van der Waals surface area contributed by atoms with Gasteiger partial charge in [0.25, 0.3) is 0 Å². The third-order valence-electron chi connectivity index (χ3n) is 4.24. The van der Waals surface area contributed by atoms with E-state index in [1.807, 2.05) is 14.1 Å². The van der Waals surface area contributed by atoms with Crippen LogP contribution in [0.1, 0.15) is 46.0 Å². The zero-order valence-electron chi connectivity index (χ0n) is 11.2. The molecule has 16 heavy (non-hydrogen) atoms. The van der Waals surface area contributed by atoms with Crippen molar-refractivity contribution in [3.8, 4) is 0 Å². The van der Waals surface area contributed by atoms with Crippen LogP contribution in [0.5, 0.6) is 0 Å². The summed E-state index contributed by atoms with van der Waals surface area (Å²) >= 11 is 0. The third-order valence-corrected chi connectivity index (χ3v) is 4.24. The van der Waals surface area contributed by atoms with Gasteiger partial charge in [-0.15, -0.1) is 0 Å². The molecule has 0 radical (unpaired) electrons. The van der Waals surface area contributed by atoms with Crippen molar-refractivity contribution in [3.63, 3.8) is 0 Å². The molecule has 0 amide bonds. The molecule has 3 nitrogen and oxygen atoms in total. The number of ether oxygens (including phenoxy) is 1. The van der Waals surface area contributed by atoms with Gasteiger partial charge < -0.3 is 14.7 Å². The molecule has 0 spiro atoms. The molecule has 1 N–H and O–H groups in total. The summed E-state index contributed by atoms with van der Waals surface area (Å²) in [6, 6.07) is 0. The Morgan fingerprint density at radius 2 is 2.19 bits per heavy atom. The summed E-state index contributed by atoms with van der Waals surface area (Å²) < 4.78 is 5.59. The van der Waals surface area contributed by atoms with E-state index in [0.29, 0.717) is 6.10 Å². The van der Waals surface area contributed by atoms with Gasteiger partial charge in [0.15, 0.2) is 0 Å². The van der Waals surface area contributed by atoms with E-state index < -0.39 is 0 Å². The molecule has 3 unspecified atom stereocenters. The van der Waals surface area contributed by atoms with Crippen molar-refractivity contribution in [3.05, 3.63) is 0 Å². The highest BCUT2D eigenvalue weighted by Crippen LogP contribution is 2.26. The molecule has 1 aliphatic heterocycles. The SMILES string of the molecule is CCC(C)(C(O)CCC1CCCO1)N(C)C. The summed E-state index contributed by atoms with van der Waals surface area (Å²) in [7, 11) is 4.08. The molecule has 1 saturated heterocycles. The minimum Gasteiger partial charge on any atom is -0.391 e. The first-order valence-corrected chi connectivity index (χ1v) is 6.47. The van der Waals surface area contributed by atoms with E-state index in [9.17, 15) is 5.11 Å². The van der Waals surface area contributed by atoms with Gasteiger partial charge >= 0.3 is 0 Å². The minimum atomic E-state index is -0.267. The molecule has 96 valence electrons. The van der Waals surface area contributed by atoms with Crippen molar-refractivity contribution in [1.82, 2.24) is 4.90 Å². The van der Waals surface area contributed by atoms with Crippen LogP contribution < -0.4 is 0 Å². The van der Waals surface area contributed by atoms with Crippen molar-refractivity contribution in [2.75, 3.05) is 20.7 Å². The third kappa shape index (κ3) is 3.19. The number of aliphatic hydroxyl groups is 1. The number of nitrogens with zero attached hydrogens (tertiary/aromatic N) is 1. The number of likely N-dealkylation sites (N-methyl/N-ethyl adjacent to an activating group) is 1. The van der Waals surface area contributed by atoms with Crippen molar-refractivity contribution in [2.45, 2.75) is 63.7 Å². The maximum absolute atomic E-state index is 10.3. The van der Waals surface area contributed by atoms with Crippen LogP contribution in [0, 0.1) is 0 Å². The fraction of sp³-hybridized carbons (Fsp3) is 1.00. The van der Waals surface area contributed by atoms with E-state index in [2.05, 4.69) is 18.7 Å². The summed E-state index contributed by atoms with van der Waals surface area (Å²) in [5.41, 5.74) is -0.112. The lowest BCUT2D eigenvalue weighted by Gasteiger charge is -2.40. The fourth-order valence-electron chi connectivity index (χ4n) is 2.38. The predicted molar refractivity (Wildman–Crippen MR) is 66.6 cm³/mol. The van der Waals surface area contributed by atoms with Gasteiger partial charge in [-0.05, 0) is 53.1 Å². The molecular weight excluding hydrogens is 202 g/mol. The topological polar surface area (TPSA) is 32.7 Å². The first-order valence-electron chi connectivity index (χ1n) is 6.47. The Morgan fingerprint density at radius 1 is 1.50 bits per heavy atom. The smallest absolute Gasteiger partial charge is 0.0721 e. The minimum absolute atomic E-state index is 0.112. The van der Waals surface area contributed by atoms with Gasteiger partial charge in [0, 0.05) is 12.1 Å². The summed E-state index contributed by atoms with van der Waals surface area (Å²) in [4.78, 5) is 2.13. The molecule has 1 aliphatic rings. The fourth-order valence-corrected chi connectivity index (χ4v) is 2.38. The van der Waals surface area contributed by atoms with Crippen molar-refractivity contribution < 1.29 is 9.84 Å². The normalized spacial score (nSPS) is 27.0. The molecule has 1 rings (SSSR count). The van der Waals surface area contributed by atoms with Gasteiger partial charge in [-0.25, -0.2) is 0 Å². The van der Waals surface area contributed by atoms with E-state index in [-0.39, 0.29) is 11.6 Å². The average Bonchev–Trinajstić information content (AvgIpc) is 2.77. The van der Waals surface area contributed by atoms with Crippen molar-refractivity contribution in [2.24, 2.45) is 0 Å². The van der Waals surface area contributed by atoms with Crippen molar-refractivity contribution >= 4 is 0 Å². The Bertz CT molecular complexity index is 202. The Balaban J connectivity index is 2.39. The summed E-state index contributed by atoms with van der Waals surface area (Å²) in [5.74, 6) is 0. The molecule has 0 aromatic rings. The zero-order chi connectivity index (χ0) is 12.2. The average molecular weight is 229 g/mol. The van der Waals surface area contributed by atoms with Gasteiger partial charge in [0.1, 0.15) is 0 Å². The van der Waals surface area contributed by atoms with E-state index >= 15 is 0 Å². The molecule has 1 fully saturated rings. The summed E-state index contributed by atoms with van der Waals surface area (Å²) in [5, 5.41) is 10.3. The molecule has 0 aromatic carbocycles. The monoisotopic (exact) mass is 229 g/mol. The van der Waals surface area contributed by atoms with Gasteiger partial charge in [0.05, 0.1) is 12.2 Å². The second kappa shape index (κ2) is 5.99. The number of hydrogen-bond acceptors (Lipinski definition) is 3. The van der Waals surface area contributed by atoms with Crippen LogP contribution >= 0.6 is 0 Å². The second-order valence-electron chi connectivity index (χ2n) is 5.33. The Hall–Kier alpha value is -0.120. The van der Waals surface area contributed by atoms with Crippen LogP contribution in [0.4, 0.5) is 0 Å². The molecule has 0 saturated carbocycles. The van der Waals surface area contributed by atoms with E-state index in [0.717, 1.165) is 32.3 Å². The van der Waals surface area contributed by atoms with Gasteiger partial charge in [0.2, 0.25) is 0 Å². The van der Waals surface area contributed by atoms with Crippen LogP contribution in [0.15, 0.2) is 0 Å². The van der Waals surface area contributed by atoms with Crippen LogP contribution in [-0.4, -0.2) is 48.5 Å². The highest BCUT2D eigenvalue weighted by molar-refractivity contribution is 4.89. The second-order valence-corrected chi connectivity index (χ2v) is 5.33. The quantitative estimate of drug-likeness (QED) is 0.756. The Kier molecular flexibility index (Phi) is 5.22. The maximum atomic E-state index is 10.3. The Labute approximate surface area is 99.8 Å². The largest absolute Gasteiger partial charge is 0.391 e. The van der Waals surface area contributed by atoms with Crippen LogP contribution in [0.2, 0.25) is 0 Å². The predicted octanol–water partition coefficient (Wildman–Crippen LogP) is 2.04. The first kappa shape index (κ1) is 13.9. The van der Waals surface area contributed by atoms with Gasteiger partial charge in [-0.1, -0.05) is 6.92 Å². The number of rotatable bonds is 6. The standard InChI is InChI=1S/C13H27NO2/c1-5-13(2,14(3)4)12(15)9-8-11-7-6-10-16-11/h11-12,15H,5-10H2,1-4H3. The lowest BCUT2D eigenvalue weighted by atomic mass is 9.87. The summed E-state index contributed by atoms with van der Waals surface area (Å²) in [6.07, 6.45) is 5.26.